The van der Waals surface area contributed by atoms with E-state index in [1.165, 1.54) is 37.1 Å². The number of rotatable bonds is 3. The summed E-state index contributed by atoms with van der Waals surface area (Å²) in [6, 6.07) is 9.40. The van der Waals surface area contributed by atoms with Gasteiger partial charge in [-0.25, -0.2) is 0 Å². The molecule has 39 heavy (non-hydrogen) atoms. The number of benzene rings is 2. The number of hydrogen-bond acceptors (Lipinski definition) is 7. The molecule has 3 aromatic rings. The Balaban J connectivity index is 1.31. The molecule has 2 aliphatic carbocycles. The van der Waals surface area contributed by atoms with Crippen molar-refractivity contribution in [1.82, 2.24) is 4.98 Å². The maximum atomic E-state index is 13.8. The number of amides is 2. The van der Waals surface area contributed by atoms with Gasteiger partial charge < -0.3 is 14.8 Å². The lowest BCUT2D eigenvalue weighted by molar-refractivity contribution is -0.137. The highest BCUT2D eigenvalue weighted by atomic mass is 32.2. The number of fused-ring (bicyclic) bond motifs is 9. The molecule has 2 saturated carbocycles. The van der Waals surface area contributed by atoms with Gasteiger partial charge in [0.15, 0.2) is 11.5 Å². The minimum Gasteiger partial charge on any atom is -0.504 e. The summed E-state index contributed by atoms with van der Waals surface area (Å²) < 4.78 is 45.5. The molecule has 2 aliphatic heterocycles. The monoisotopic (exact) mass is 574 g/mol. The molecular weight excluding hydrogens is 553 g/mol. The fourth-order valence-corrected chi connectivity index (χ4v) is 10.2. The van der Waals surface area contributed by atoms with Gasteiger partial charge in [0.25, 0.3) is 0 Å². The lowest BCUT2D eigenvalue weighted by atomic mass is 9.68. The van der Waals surface area contributed by atoms with Gasteiger partial charge in [0, 0.05) is 16.0 Å². The standard InChI is InChI=1S/C27H21F3N2O5S2/c1-37-16-7-10(5-6-15(16)33)17-18-13-9-14(21(18)38-23-22(17)39-26(36)31-23)20-19(13)24(34)32(25(20)35)12-4-2-3-11(8-12)27(28,29)30/h2-8,13-14,17-21,33H,9H2,1H3,(H,31,36)/t13-,14+,17+,18-,19+,20-,21-/m1/s1. The van der Waals surface area contributed by atoms with Crippen molar-refractivity contribution in [1.29, 1.82) is 0 Å². The third kappa shape index (κ3) is 3.46. The summed E-state index contributed by atoms with van der Waals surface area (Å²) in [6.07, 6.45) is -3.95. The smallest absolute Gasteiger partial charge is 0.416 e. The molecule has 7 atom stereocenters. The van der Waals surface area contributed by atoms with Crippen LogP contribution in [0.3, 0.4) is 0 Å². The second-order valence-electron chi connectivity index (χ2n) is 10.5. The number of aromatic nitrogens is 1. The first-order chi connectivity index (χ1) is 18.6. The molecule has 1 aromatic heterocycles. The van der Waals surface area contributed by atoms with E-state index >= 15 is 0 Å². The van der Waals surface area contributed by atoms with Crippen LogP contribution in [0.2, 0.25) is 0 Å². The Kier molecular flexibility index (Phi) is 5.32. The Bertz CT molecular complexity index is 1600. The van der Waals surface area contributed by atoms with Crippen LogP contribution in [0.1, 0.15) is 28.3 Å². The molecule has 2 N–H and O–H groups in total. The number of aromatic hydroxyl groups is 1. The maximum Gasteiger partial charge on any atom is 0.416 e. The molecule has 0 radical (unpaired) electrons. The van der Waals surface area contributed by atoms with Crippen molar-refractivity contribution in [3.63, 3.8) is 0 Å². The van der Waals surface area contributed by atoms with Crippen LogP contribution in [0.5, 0.6) is 11.5 Å². The van der Waals surface area contributed by atoms with E-state index in [1.807, 2.05) is 0 Å². The van der Waals surface area contributed by atoms with Gasteiger partial charge in [-0.3, -0.25) is 19.3 Å². The van der Waals surface area contributed by atoms with Crippen molar-refractivity contribution in [2.75, 3.05) is 12.0 Å². The highest BCUT2D eigenvalue weighted by molar-refractivity contribution is 8.00. The lowest BCUT2D eigenvalue weighted by Gasteiger charge is -2.43. The van der Waals surface area contributed by atoms with Gasteiger partial charge >= 0.3 is 11.0 Å². The van der Waals surface area contributed by atoms with E-state index in [0.717, 1.165) is 43.8 Å². The Hall–Kier alpha value is -3.25. The van der Waals surface area contributed by atoms with Gasteiger partial charge in [0.1, 0.15) is 0 Å². The number of hydrogen-bond donors (Lipinski definition) is 2. The number of thiazole rings is 1. The number of thioether (sulfide) groups is 1. The quantitative estimate of drug-likeness (QED) is 0.434. The summed E-state index contributed by atoms with van der Waals surface area (Å²) in [5.41, 5.74) is -0.154. The highest BCUT2D eigenvalue weighted by Crippen LogP contribution is 2.68. The summed E-state index contributed by atoms with van der Waals surface area (Å²) in [5, 5.41) is 10.8. The van der Waals surface area contributed by atoms with Gasteiger partial charge in [-0.05, 0) is 60.1 Å². The predicted molar refractivity (Wildman–Crippen MR) is 137 cm³/mol. The number of phenolic OH excluding ortho intramolecular Hbond substituents is 1. The Morgan fingerprint density at radius 1 is 1.05 bits per heavy atom. The molecule has 0 unspecified atom stereocenters. The average Bonchev–Trinajstić information content (AvgIpc) is 3.63. The first-order valence-electron chi connectivity index (χ1n) is 12.4. The predicted octanol–water partition coefficient (Wildman–Crippen LogP) is 4.85. The van der Waals surface area contributed by atoms with Crippen molar-refractivity contribution in [2.45, 2.75) is 28.8 Å². The molecule has 3 heterocycles. The number of halogens is 3. The second kappa shape index (κ2) is 8.37. The Morgan fingerprint density at radius 2 is 1.79 bits per heavy atom. The van der Waals surface area contributed by atoms with Crippen LogP contribution in [0.4, 0.5) is 18.9 Å². The van der Waals surface area contributed by atoms with Crippen molar-refractivity contribution in [3.05, 3.63) is 68.1 Å². The minimum atomic E-state index is -4.60. The normalized spacial score (nSPS) is 30.9. The number of alkyl halides is 3. The third-order valence-electron chi connectivity index (χ3n) is 8.72. The molecule has 2 amide bonds. The maximum absolute atomic E-state index is 13.8. The number of imide groups is 1. The van der Waals surface area contributed by atoms with Crippen LogP contribution in [0.15, 0.2) is 52.3 Å². The van der Waals surface area contributed by atoms with Gasteiger partial charge in [-0.15, -0.1) is 11.8 Å². The zero-order valence-corrected chi connectivity index (χ0v) is 21.9. The molecule has 1 saturated heterocycles. The van der Waals surface area contributed by atoms with Crippen molar-refractivity contribution in [2.24, 2.45) is 29.6 Å². The molecule has 4 aliphatic rings. The van der Waals surface area contributed by atoms with E-state index in [2.05, 4.69) is 4.98 Å². The van der Waals surface area contributed by atoms with E-state index in [4.69, 9.17) is 4.74 Å². The highest BCUT2D eigenvalue weighted by Gasteiger charge is 2.69. The average molecular weight is 575 g/mol. The molecule has 2 bridgehead atoms. The van der Waals surface area contributed by atoms with Crippen LogP contribution in [-0.2, 0) is 15.8 Å². The molecule has 7 rings (SSSR count). The van der Waals surface area contributed by atoms with E-state index in [1.54, 1.807) is 12.1 Å². The fourth-order valence-electron chi connectivity index (χ4n) is 7.35. The van der Waals surface area contributed by atoms with Gasteiger partial charge in [-0.1, -0.05) is 23.5 Å². The largest absolute Gasteiger partial charge is 0.504 e. The van der Waals surface area contributed by atoms with Crippen LogP contribution in [0.25, 0.3) is 0 Å². The summed E-state index contributed by atoms with van der Waals surface area (Å²) in [7, 11) is 1.45. The summed E-state index contributed by atoms with van der Waals surface area (Å²) >= 11 is 2.63. The Labute approximate surface area is 228 Å². The number of aromatic amines is 1. The van der Waals surface area contributed by atoms with E-state index < -0.39 is 35.4 Å². The molecule has 202 valence electrons. The van der Waals surface area contributed by atoms with Gasteiger partial charge in [0.05, 0.1) is 35.2 Å². The summed E-state index contributed by atoms with van der Waals surface area (Å²) in [4.78, 5) is 44.3. The number of H-pyrrole nitrogens is 1. The topological polar surface area (TPSA) is 99.7 Å². The van der Waals surface area contributed by atoms with E-state index in [0.29, 0.717) is 6.42 Å². The number of ether oxygens (including phenoxy) is 1. The fraction of sp³-hybridized carbons (Fsp3) is 0.370. The van der Waals surface area contributed by atoms with Crippen LogP contribution >= 0.6 is 23.1 Å². The van der Waals surface area contributed by atoms with Gasteiger partial charge in [0.2, 0.25) is 11.8 Å². The van der Waals surface area contributed by atoms with Gasteiger partial charge in [-0.2, -0.15) is 13.2 Å². The van der Waals surface area contributed by atoms with Crippen molar-refractivity contribution < 1.29 is 32.6 Å². The molecule has 12 heteroatoms. The molecule has 2 aromatic carbocycles. The number of carbonyl (C=O) groups excluding carboxylic acids is 2. The zero-order chi connectivity index (χ0) is 27.4. The first-order valence-corrected chi connectivity index (χ1v) is 14.1. The van der Waals surface area contributed by atoms with Crippen LogP contribution in [0, 0.1) is 29.6 Å². The molecule has 0 spiro atoms. The number of carbonyl (C=O) groups is 2. The van der Waals surface area contributed by atoms with Crippen LogP contribution < -0.4 is 14.5 Å². The lowest BCUT2D eigenvalue weighted by Crippen LogP contribution is -2.42. The minimum absolute atomic E-state index is 0.0215. The first kappa shape index (κ1) is 24.8. The van der Waals surface area contributed by atoms with E-state index in [-0.39, 0.29) is 51.0 Å². The summed E-state index contributed by atoms with van der Waals surface area (Å²) in [6.45, 7) is 0. The second-order valence-corrected chi connectivity index (χ2v) is 12.7. The van der Waals surface area contributed by atoms with E-state index in [9.17, 15) is 32.7 Å². The van der Waals surface area contributed by atoms with Crippen molar-refractivity contribution >= 4 is 40.6 Å². The van der Waals surface area contributed by atoms with Crippen LogP contribution in [-0.4, -0.2) is 34.3 Å². The SMILES string of the molecule is COc1cc([C@@H]2c3sc(=O)[nH]c3S[C@@H]3[C@H]4C[C@@H]([C@@H]5C(=O)N(c6cccc(C(F)(F)F)c6)C(=O)[C@H]45)[C@H]23)ccc1O. The number of phenols is 1. The number of anilines is 1. The summed E-state index contributed by atoms with van der Waals surface area (Å²) in [5.74, 6) is -2.63. The number of nitrogens with zero attached hydrogens (tertiary/aromatic N) is 1. The number of methoxy groups -OCH3 is 1. The van der Waals surface area contributed by atoms with Crippen molar-refractivity contribution in [3.8, 4) is 11.5 Å². The third-order valence-corrected chi connectivity index (χ3v) is 11.3. The zero-order valence-electron chi connectivity index (χ0n) is 20.3. The molecule has 3 fully saturated rings. The molecular formula is C27H21F3N2O5S2. The Morgan fingerprint density at radius 3 is 2.51 bits per heavy atom. The number of nitrogens with one attached hydrogen (secondary N) is 1. The molecule has 7 nitrogen and oxygen atoms in total.